The van der Waals surface area contributed by atoms with Gasteiger partial charge in [-0.3, -0.25) is 0 Å². The molecule has 1 aromatic carbocycles. The van der Waals surface area contributed by atoms with E-state index < -0.39 is 7.32 Å². The van der Waals surface area contributed by atoms with Crippen LogP contribution in [0.25, 0.3) is 10.9 Å². The topological polar surface area (TPSA) is 135 Å². The van der Waals surface area contributed by atoms with Gasteiger partial charge in [-0.15, -0.1) is 17.5 Å². The van der Waals surface area contributed by atoms with E-state index in [4.69, 9.17) is 15.8 Å². The standard InChI is InChI=1S/C16H23BN6O3.ClH/c18-14(6-3-4-10-26-17(24)25)16-20-21-22-23(16)9-8-12-11-19-15-7-2-1-5-13(12)15;/h1-2,5,7,11,14,19,24-25H,3-4,6,8-10,18H2;1H. The van der Waals surface area contributed by atoms with Crippen molar-refractivity contribution in [2.45, 2.75) is 38.3 Å². The van der Waals surface area contributed by atoms with Crippen molar-refractivity contribution in [1.82, 2.24) is 25.2 Å². The molecular formula is C16H24BClN6O3. The molecule has 3 aromatic rings. The predicted molar refractivity (Wildman–Crippen MR) is 104 cm³/mol. The summed E-state index contributed by atoms with van der Waals surface area (Å²) in [4.78, 5) is 3.27. The number of H-pyrrole nitrogens is 1. The smallest absolute Gasteiger partial charge is 0.402 e. The van der Waals surface area contributed by atoms with Crippen LogP contribution in [0.15, 0.2) is 30.5 Å². The van der Waals surface area contributed by atoms with Crippen LogP contribution in [0.5, 0.6) is 0 Å². The zero-order valence-electron chi connectivity index (χ0n) is 14.9. The summed E-state index contributed by atoms with van der Waals surface area (Å²) in [6.07, 6.45) is 4.98. The third-order valence-corrected chi connectivity index (χ3v) is 4.34. The molecule has 27 heavy (non-hydrogen) atoms. The maximum atomic E-state index is 8.63. The molecule has 146 valence electrons. The number of para-hydroxylation sites is 1. The summed E-state index contributed by atoms with van der Waals surface area (Å²) in [5, 5.41) is 30.3. The molecular weight excluding hydrogens is 370 g/mol. The van der Waals surface area contributed by atoms with Gasteiger partial charge in [0.05, 0.1) is 6.04 Å². The summed E-state index contributed by atoms with van der Waals surface area (Å²) < 4.78 is 6.43. The highest BCUT2D eigenvalue weighted by atomic mass is 35.5. The van der Waals surface area contributed by atoms with E-state index in [-0.39, 0.29) is 25.1 Å². The molecule has 9 nitrogen and oxygen atoms in total. The van der Waals surface area contributed by atoms with Crippen LogP contribution >= 0.6 is 12.4 Å². The van der Waals surface area contributed by atoms with Crippen molar-refractivity contribution in [2.24, 2.45) is 5.73 Å². The molecule has 2 aromatic heterocycles. The van der Waals surface area contributed by atoms with Gasteiger partial charge in [-0.05, 0) is 47.7 Å². The van der Waals surface area contributed by atoms with E-state index >= 15 is 0 Å². The number of hydrogen-bond acceptors (Lipinski definition) is 7. The second-order valence-electron chi connectivity index (χ2n) is 6.17. The monoisotopic (exact) mass is 394 g/mol. The minimum Gasteiger partial charge on any atom is -0.402 e. The van der Waals surface area contributed by atoms with E-state index in [1.54, 1.807) is 4.68 Å². The normalized spacial score (nSPS) is 12.1. The maximum Gasteiger partial charge on any atom is 0.633 e. The molecule has 0 spiro atoms. The van der Waals surface area contributed by atoms with Crippen LogP contribution < -0.4 is 5.73 Å². The molecule has 0 saturated heterocycles. The third kappa shape index (κ3) is 5.75. The first-order valence-electron chi connectivity index (χ1n) is 8.69. The number of rotatable bonds is 10. The lowest BCUT2D eigenvalue weighted by atomic mass is 10.1. The fourth-order valence-electron chi connectivity index (χ4n) is 2.99. The molecule has 0 aliphatic carbocycles. The maximum absolute atomic E-state index is 8.63. The Bertz CT molecular complexity index is 827. The molecule has 1 unspecified atom stereocenters. The van der Waals surface area contributed by atoms with E-state index in [1.807, 2.05) is 18.3 Å². The number of hydrogen-bond donors (Lipinski definition) is 4. The van der Waals surface area contributed by atoms with Crippen LogP contribution in [0.4, 0.5) is 0 Å². The van der Waals surface area contributed by atoms with Gasteiger partial charge in [-0.25, -0.2) is 4.68 Å². The lowest BCUT2D eigenvalue weighted by molar-refractivity contribution is 0.181. The Kier molecular flexibility index (Phi) is 8.20. The Morgan fingerprint density at radius 3 is 2.89 bits per heavy atom. The Hall–Kier alpha value is -1.98. The summed E-state index contributed by atoms with van der Waals surface area (Å²) in [5.74, 6) is 0.660. The number of nitrogens with two attached hydrogens (primary N) is 1. The van der Waals surface area contributed by atoms with Gasteiger partial charge in [0.1, 0.15) is 0 Å². The SMILES string of the molecule is Cl.NC(CCCCOB(O)O)c1nnnn1CCc1c[nH]c2ccccc12. The molecule has 1 atom stereocenters. The average Bonchev–Trinajstić information content (AvgIpc) is 3.26. The number of fused-ring (bicyclic) bond motifs is 1. The van der Waals surface area contributed by atoms with E-state index in [2.05, 4.69) is 37.3 Å². The van der Waals surface area contributed by atoms with Crippen molar-refractivity contribution in [3.8, 4) is 0 Å². The van der Waals surface area contributed by atoms with Crippen molar-refractivity contribution in [1.29, 1.82) is 0 Å². The third-order valence-electron chi connectivity index (χ3n) is 4.34. The van der Waals surface area contributed by atoms with Gasteiger partial charge in [-0.2, -0.15) is 0 Å². The fraction of sp³-hybridized carbons (Fsp3) is 0.438. The van der Waals surface area contributed by atoms with Crippen LogP contribution in [0.2, 0.25) is 0 Å². The first kappa shape index (κ1) is 21.3. The van der Waals surface area contributed by atoms with Gasteiger partial charge in [0, 0.05) is 30.3 Å². The Morgan fingerprint density at radius 1 is 1.26 bits per heavy atom. The summed E-state index contributed by atoms with van der Waals surface area (Å²) in [5.41, 5.74) is 8.55. The Balaban J connectivity index is 0.00000261. The molecule has 2 heterocycles. The molecule has 3 rings (SSSR count). The summed E-state index contributed by atoms with van der Waals surface area (Å²) in [7, 11) is -1.72. The summed E-state index contributed by atoms with van der Waals surface area (Å²) in [6, 6.07) is 7.91. The predicted octanol–water partition coefficient (Wildman–Crippen LogP) is 0.975. The van der Waals surface area contributed by atoms with Crippen molar-refractivity contribution < 1.29 is 14.7 Å². The van der Waals surface area contributed by atoms with Crippen LogP contribution in [-0.2, 0) is 17.6 Å². The number of aromatic nitrogens is 5. The number of aryl methyl sites for hydroxylation is 2. The molecule has 0 saturated carbocycles. The van der Waals surface area contributed by atoms with Gasteiger partial charge in [0.25, 0.3) is 0 Å². The lowest BCUT2D eigenvalue weighted by Gasteiger charge is -2.11. The van der Waals surface area contributed by atoms with E-state index in [0.717, 1.165) is 18.4 Å². The lowest BCUT2D eigenvalue weighted by Crippen LogP contribution is -2.19. The molecule has 0 bridgehead atoms. The van der Waals surface area contributed by atoms with Crippen molar-refractivity contribution in [3.63, 3.8) is 0 Å². The summed E-state index contributed by atoms with van der Waals surface area (Å²) in [6.45, 7) is 0.924. The number of tetrazole rings is 1. The minimum absolute atomic E-state index is 0. The second-order valence-corrected chi connectivity index (χ2v) is 6.17. The van der Waals surface area contributed by atoms with E-state index in [0.29, 0.717) is 25.2 Å². The quantitative estimate of drug-likeness (QED) is 0.297. The van der Waals surface area contributed by atoms with Crippen LogP contribution in [0.3, 0.4) is 0 Å². The van der Waals surface area contributed by atoms with Gasteiger partial charge in [0.2, 0.25) is 0 Å². The molecule has 0 aliphatic heterocycles. The van der Waals surface area contributed by atoms with Gasteiger partial charge < -0.3 is 25.4 Å². The number of nitrogens with one attached hydrogen (secondary N) is 1. The Labute approximate surface area is 163 Å². The molecule has 0 aliphatic rings. The largest absolute Gasteiger partial charge is 0.633 e. The first-order chi connectivity index (χ1) is 12.6. The number of unbranched alkanes of at least 4 members (excludes halogenated alkanes) is 1. The molecule has 5 N–H and O–H groups in total. The minimum atomic E-state index is -1.72. The molecule has 0 fully saturated rings. The van der Waals surface area contributed by atoms with Crippen molar-refractivity contribution >= 4 is 30.6 Å². The number of aromatic amines is 1. The van der Waals surface area contributed by atoms with Gasteiger partial charge in [0.15, 0.2) is 5.82 Å². The molecule has 11 heteroatoms. The summed E-state index contributed by atoms with van der Waals surface area (Å²) >= 11 is 0. The average molecular weight is 395 g/mol. The highest BCUT2D eigenvalue weighted by Gasteiger charge is 2.15. The first-order valence-corrected chi connectivity index (χ1v) is 8.69. The number of benzene rings is 1. The highest BCUT2D eigenvalue weighted by molar-refractivity contribution is 6.32. The molecule has 0 radical (unpaired) electrons. The van der Waals surface area contributed by atoms with E-state index in [1.165, 1.54) is 10.9 Å². The van der Waals surface area contributed by atoms with Gasteiger partial charge >= 0.3 is 7.32 Å². The van der Waals surface area contributed by atoms with Crippen molar-refractivity contribution in [2.75, 3.05) is 6.61 Å². The zero-order chi connectivity index (χ0) is 18.4. The number of nitrogens with zero attached hydrogens (tertiary/aromatic N) is 4. The Morgan fingerprint density at radius 2 is 2.07 bits per heavy atom. The zero-order valence-corrected chi connectivity index (χ0v) is 15.7. The number of halogens is 1. The van der Waals surface area contributed by atoms with Crippen LogP contribution in [0.1, 0.15) is 36.7 Å². The second kappa shape index (κ2) is 10.4. The van der Waals surface area contributed by atoms with Crippen LogP contribution in [0, 0.1) is 0 Å². The van der Waals surface area contributed by atoms with E-state index in [9.17, 15) is 0 Å². The fourth-order valence-corrected chi connectivity index (χ4v) is 2.99. The van der Waals surface area contributed by atoms with Crippen molar-refractivity contribution in [3.05, 3.63) is 41.9 Å². The van der Waals surface area contributed by atoms with Gasteiger partial charge in [-0.1, -0.05) is 18.2 Å². The molecule has 0 amide bonds. The highest BCUT2D eigenvalue weighted by Crippen LogP contribution is 2.19. The van der Waals surface area contributed by atoms with Crippen LogP contribution in [-0.4, -0.2) is 49.2 Å².